The summed E-state index contributed by atoms with van der Waals surface area (Å²) in [5.74, 6) is -0.0349. The molecule has 0 fully saturated rings. The van der Waals surface area contributed by atoms with Gasteiger partial charge in [-0.25, -0.2) is 0 Å². The van der Waals surface area contributed by atoms with E-state index < -0.39 is 0 Å². The van der Waals surface area contributed by atoms with Gasteiger partial charge in [0, 0.05) is 20.4 Å². The van der Waals surface area contributed by atoms with Crippen molar-refractivity contribution < 1.29 is 5.21 Å². The number of hydrogen-bond donors (Lipinski definition) is 2. The molecule has 0 atom stereocenters. The van der Waals surface area contributed by atoms with Crippen LogP contribution in [-0.4, -0.2) is 11.0 Å². The maximum absolute atomic E-state index is 8.65. The fraction of sp³-hybridized carbons (Fsp3) is 0. The number of hydrogen-bond acceptors (Lipinski definition) is 3. The maximum Gasteiger partial charge on any atom is 0.171 e. The van der Waals surface area contributed by atoms with Crippen LogP contribution in [0.4, 0.5) is 0 Å². The Bertz CT molecular complexity index is 677. The summed E-state index contributed by atoms with van der Waals surface area (Å²) in [6.07, 6.45) is 0. The summed E-state index contributed by atoms with van der Waals surface area (Å²) in [4.78, 5) is 1.69. The second-order valence-electron chi connectivity index (χ2n) is 3.80. The van der Waals surface area contributed by atoms with Gasteiger partial charge < -0.3 is 10.9 Å². The molecule has 104 valence electrons. The first kappa shape index (κ1) is 15.3. The second-order valence-corrected chi connectivity index (χ2v) is 6.17. The van der Waals surface area contributed by atoms with Crippen molar-refractivity contribution in [3.05, 3.63) is 57.0 Å². The van der Waals surface area contributed by atoms with E-state index in [-0.39, 0.29) is 5.84 Å². The van der Waals surface area contributed by atoms with E-state index in [9.17, 15) is 0 Å². The third-order valence-corrected chi connectivity index (χ3v) is 4.48. The lowest BCUT2D eigenvalue weighted by molar-refractivity contribution is 0.318. The number of nitrogens with two attached hydrogens (primary N) is 1. The van der Waals surface area contributed by atoms with Gasteiger partial charge in [0.15, 0.2) is 5.84 Å². The van der Waals surface area contributed by atoms with E-state index in [1.807, 2.05) is 0 Å². The van der Waals surface area contributed by atoms with Crippen molar-refractivity contribution in [2.75, 3.05) is 0 Å². The molecule has 0 amide bonds. The molecule has 0 aliphatic heterocycles. The highest BCUT2D eigenvalue weighted by Gasteiger charge is 2.09. The monoisotopic (exact) mass is 346 g/mol. The molecule has 0 unspecified atom stereocenters. The molecule has 0 heterocycles. The van der Waals surface area contributed by atoms with E-state index in [2.05, 4.69) is 5.16 Å². The van der Waals surface area contributed by atoms with Crippen LogP contribution in [0.2, 0.25) is 15.1 Å². The van der Waals surface area contributed by atoms with Crippen LogP contribution >= 0.6 is 46.6 Å². The van der Waals surface area contributed by atoms with Crippen LogP contribution < -0.4 is 5.73 Å². The Labute approximate surface area is 135 Å². The van der Waals surface area contributed by atoms with Crippen molar-refractivity contribution >= 4 is 52.4 Å². The fourth-order valence-corrected chi connectivity index (χ4v) is 3.23. The molecular formula is C13H9Cl3N2OS. The lowest BCUT2D eigenvalue weighted by atomic mass is 10.2. The average Bonchev–Trinajstić information content (AvgIpc) is 2.42. The summed E-state index contributed by atoms with van der Waals surface area (Å²) in [6, 6.07) is 10.4. The molecule has 0 radical (unpaired) electrons. The smallest absolute Gasteiger partial charge is 0.171 e. The van der Waals surface area contributed by atoms with Crippen LogP contribution in [-0.2, 0) is 0 Å². The van der Waals surface area contributed by atoms with E-state index in [0.29, 0.717) is 20.6 Å². The van der Waals surface area contributed by atoms with Crippen molar-refractivity contribution in [3.8, 4) is 0 Å². The predicted octanol–water partition coefficient (Wildman–Crippen LogP) is 4.89. The zero-order valence-electron chi connectivity index (χ0n) is 9.98. The summed E-state index contributed by atoms with van der Waals surface area (Å²) in [5.41, 5.74) is 5.98. The zero-order valence-corrected chi connectivity index (χ0v) is 13.1. The van der Waals surface area contributed by atoms with Crippen molar-refractivity contribution in [3.63, 3.8) is 0 Å². The first-order valence-corrected chi connectivity index (χ1v) is 7.36. The molecular weight excluding hydrogens is 339 g/mol. The van der Waals surface area contributed by atoms with Gasteiger partial charge in [0.05, 0.1) is 10.0 Å². The first-order chi connectivity index (χ1) is 9.51. The summed E-state index contributed by atoms with van der Waals surface area (Å²) in [7, 11) is 0. The summed E-state index contributed by atoms with van der Waals surface area (Å²) in [6.45, 7) is 0. The molecule has 0 saturated heterocycles. The van der Waals surface area contributed by atoms with Crippen LogP contribution in [0.3, 0.4) is 0 Å². The Hall–Kier alpha value is -1.07. The molecule has 2 aromatic carbocycles. The molecule has 20 heavy (non-hydrogen) atoms. The third-order valence-electron chi connectivity index (χ3n) is 2.45. The van der Waals surface area contributed by atoms with Crippen molar-refractivity contribution in [2.24, 2.45) is 10.9 Å². The number of halogens is 3. The van der Waals surface area contributed by atoms with E-state index in [1.165, 1.54) is 11.8 Å². The van der Waals surface area contributed by atoms with Gasteiger partial charge in [-0.3, -0.25) is 0 Å². The van der Waals surface area contributed by atoms with Gasteiger partial charge in [0.1, 0.15) is 0 Å². The Kier molecular flexibility index (Phi) is 5.05. The summed E-state index contributed by atoms with van der Waals surface area (Å²) in [5, 5.41) is 13.2. The molecule has 7 heteroatoms. The number of rotatable bonds is 3. The largest absolute Gasteiger partial charge is 0.409 e. The standard InChI is InChI=1S/C13H9Cl3N2OS/c14-7-1-4-10(15)12(5-7)20-8-2-3-9(11(16)6-8)13(17)18-19/h1-6,19H,(H2,17,18). The minimum Gasteiger partial charge on any atom is -0.409 e. The Balaban J connectivity index is 2.31. The molecule has 0 saturated carbocycles. The highest BCUT2D eigenvalue weighted by Crippen LogP contribution is 2.36. The topological polar surface area (TPSA) is 58.6 Å². The number of nitrogens with zero attached hydrogens (tertiary/aromatic N) is 1. The molecule has 0 aliphatic carbocycles. The van der Waals surface area contributed by atoms with Crippen molar-refractivity contribution in [2.45, 2.75) is 9.79 Å². The number of oxime groups is 1. The van der Waals surface area contributed by atoms with E-state index in [4.69, 9.17) is 45.7 Å². The van der Waals surface area contributed by atoms with Gasteiger partial charge in [-0.2, -0.15) is 0 Å². The van der Waals surface area contributed by atoms with Gasteiger partial charge in [-0.05, 0) is 36.4 Å². The van der Waals surface area contributed by atoms with Gasteiger partial charge in [-0.1, -0.05) is 51.7 Å². The quantitative estimate of drug-likeness (QED) is 0.359. The first-order valence-electron chi connectivity index (χ1n) is 5.41. The molecule has 3 N–H and O–H groups in total. The lowest BCUT2D eigenvalue weighted by Gasteiger charge is -2.07. The molecule has 0 aliphatic rings. The third kappa shape index (κ3) is 3.52. The SMILES string of the molecule is NC(=NO)c1ccc(Sc2cc(Cl)ccc2Cl)cc1Cl. The average molecular weight is 348 g/mol. The number of benzene rings is 2. The molecule has 3 nitrogen and oxygen atoms in total. The predicted molar refractivity (Wildman–Crippen MR) is 84.5 cm³/mol. The zero-order chi connectivity index (χ0) is 14.7. The van der Waals surface area contributed by atoms with Gasteiger partial charge in [0.2, 0.25) is 0 Å². The van der Waals surface area contributed by atoms with Crippen molar-refractivity contribution in [1.29, 1.82) is 0 Å². The van der Waals surface area contributed by atoms with Gasteiger partial charge in [0.25, 0.3) is 0 Å². The Morgan fingerprint density at radius 2 is 1.80 bits per heavy atom. The van der Waals surface area contributed by atoms with Crippen LogP contribution in [0.15, 0.2) is 51.3 Å². The summed E-state index contributed by atoms with van der Waals surface area (Å²) >= 11 is 19.6. The Morgan fingerprint density at radius 3 is 2.45 bits per heavy atom. The van der Waals surface area contributed by atoms with Gasteiger partial charge in [-0.15, -0.1) is 0 Å². The van der Waals surface area contributed by atoms with E-state index in [0.717, 1.165) is 9.79 Å². The fourth-order valence-electron chi connectivity index (χ4n) is 1.50. The molecule has 2 rings (SSSR count). The molecule has 0 aromatic heterocycles. The lowest BCUT2D eigenvalue weighted by Crippen LogP contribution is -2.13. The second kappa shape index (κ2) is 6.59. The molecule has 0 spiro atoms. The van der Waals surface area contributed by atoms with Crippen LogP contribution in [0.5, 0.6) is 0 Å². The van der Waals surface area contributed by atoms with Crippen LogP contribution in [0.25, 0.3) is 0 Å². The number of amidine groups is 1. The highest BCUT2D eigenvalue weighted by atomic mass is 35.5. The highest BCUT2D eigenvalue weighted by molar-refractivity contribution is 7.99. The summed E-state index contributed by atoms with van der Waals surface area (Å²) < 4.78 is 0. The van der Waals surface area contributed by atoms with Crippen molar-refractivity contribution in [1.82, 2.24) is 0 Å². The minimum absolute atomic E-state index is 0.0349. The Morgan fingerprint density at radius 1 is 1.05 bits per heavy atom. The molecule has 2 aromatic rings. The minimum atomic E-state index is -0.0349. The van der Waals surface area contributed by atoms with Crippen LogP contribution in [0.1, 0.15) is 5.56 Å². The van der Waals surface area contributed by atoms with Crippen LogP contribution in [0, 0.1) is 0 Å². The normalized spacial score (nSPS) is 11.7. The maximum atomic E-state index is 8.65. The van der Waals surface area contributed by atoms with Gasteiger partial charge >= 0.3 is 0 Å². The van der Waals surface area contributed by atoms with E-state index >= 15 is 0 Å². The van der Waals surface area contributed by atoms with E-state index in [1.54, 1.807) is 36.4 Å². The molecule has 0 bridgehead atoms.